The molecule has 0 aliphatic heterocycles. The maximum atomic E-state index is 6.00. The molecule has 6 heteroatoms. The standard InChI is InChI=1S/C18H14ClN5/c1-11-10-12(2)22-18(21-11)24-17-15(4-3-9-20-17)16(23-24)13-5-7-14(19)8-6-13/h3-10H,1-2H3. The van der Waals surface area contributed by atoms with Crippen molar-refractivity contribution in [3.05, 3.63) is 65.1 Å². The number of hydrogen-bond donors (Lipinski definition) is 0. The fourth-order valence-electron chi connectivity index (χ4n) is 2.71. The Bertz CT molecular complexity index is 1020. The predicted octanol–water partition coefficient (Wildman–Crippen LogP) is 4.15. The summed E-state index contributed by atoms with van der Waals surface area (Å²) in [5, 5.41) is 6.37. The first kappa shape index (κ1) is 14.8. The van der Waals surface area contributed by atoms with E-state index in [0.29, 0.717) is 11.0 Å². The molecule has 3 heterocycles. The smallest absolute Gasteiger partial charge is 0.236 e. The average molecular weight is 336 g/mol. The van der Waals surface area contributed by atoms with Crippen LogP contribution in [0.25, 0.3) is 28.2 Å². The number of nitrogens with zero attached hydrogens (tertiary/aromatic N) is 5. The van der Waals surface area contributed by atoms with Crippen LogP contribution in [0.4, 0.5) is 0 Å². The third kappa shape index (κ3) is 2.53. The van der Waals surface area contributed by atoms with Gasteiger partial charge in [-0.25, -0.2) is 15.0 Å². The van der Waals surface area contributed by atoms with Crippen LogP contribution < -0.4 is 0 Å². The Morgan fingerprint density at radius 2 is 1.67 bits per heavy atom. The molecule has 1 aromatic carbocycles. The van der Waals surface area contributed by atoms with E-state index < -0.39 is 0 Å². The van der Waals surface area contributed by atoms with Crippen LogP contribution >= 0.6 is 11.6 Å². The summed E-state index contributed by atoms with van der Waals surface area (Å²) in [5.74, 6) is 0.524. The summed E-state index contributed by atoms with van der Waals surface area (Å²) in [5.41, 5.74) is 4.32. The van der Waals surface area contributed by atoms with E-state index in [1.807, 2.05) is 56.3 Å². The van der Waals surface area contributed by atoms with Gasteiger partial charge in [0.25, 0.3) is 5.95 Å². The van der Waals surface area contributed by atoms with Gasteiger partial charge in [-0.1, -0.05) is 23.7 Å². The molecule has 0 atom stereocenters. The third-order valence-electron chi connectivity index (χ3n) is 3.72. The van der Waals surface area contributed by atoms with E-state index >= 15 is 0 Å². The Balaban J connectivity index is 1.99. The molecule has 5 nitrogen and oxygen atoms in total. The molecule has 0 aliphatic rings. The highest BCUT2D eigenvalue weighted by Gasteiger charge is 2.16. The summed E-state index contributed by atoms with van der Waals surface area (Å²) in [7, 11) is 0. The van der Waals surface area contributed by atoms with Crippen molar-refractivity contribution >= 4 is 22.6 Å². The number of pyridine rings is 1. The van der Waals surface area contributed by atoms with E-state index in [1.54, 1.807) is 10.9 Å². The first-order chi connectivity index (χ1) is 11.6. The zero-order valence-electron chi connectivity index (χ0n) is 13.2. The largest absolute Gasteiger partial charge is 0.253 e. The Morgan fingerprint density at radius 3 is 2.38 bits per heavy atom. The molecule has 0 bridgehead atoms. The van der Waals surface area contributed by atoms with Crippen molar-refractivity contribution in [1.29, 1.82) is 0 Å². The average Bonchev–Trinajstić information content (AvgIpc) is 2.94. The minimum absolute atomic E-state index is 0.524. The molecule has 4 aromatic rings. The van der Waals surface area contributed by atoms with Crippen molar-refractivity contribution in [1.82, 2.24) is 24.7 Å². The zero-order chi connectivity index (χ0) is 16.7. The SMILES string of the molecule is Cc1cc(C)nc(-n2nc(-c3ccc(Cl)cc3)c3cccnc32)n1. The quantitative estimate of drug-likeness (QED) is 0.552. The lowest BCUT2D eigenvalue weighted by atomic mass is 10.1. The molecule has 4 rings (SSSR count). The second kappa shape index (κ2) is 5.69. The van der Waals surface area contributed by atoms with Crippen LogP contribution in [0.2, 0.25) is 5.02 Å². The molecule has 0 N–H and O–H groups in total. The maximum Gasteiger partial charge on any atom is 0.253 e. The Kier molecular flexibility index (Phi) is 3.50. The van der Waals surface area contributed by atoms with Crippen LogP contribution in [0.5, 0.6) is 0 Å². The number of halogens is 1. The van der Waals surface area contributed by atoms with E-state index in [1.165, 1.54) is 0 Å². The number of aryl methyl sites for hydroxylation is 2. The van der Waals surface area contributed by atoms with Crippen LogP contribution in [-0.2, 0) is 0 Å². The van der Waals surface area contributed by atoms with Crippen molar-refractivity contribution in [2.24, 2.45) is 0 Å². The fraction of sp³-hybridized carbons (Fsp3) is 0.111. The first-order valence-electron chi connectivity index (χ1n) is 7.54. The lowest BCUT2D eigenvalue weighted by Gasteiger charge is -2.03. The van der Waals surface area contributed by atoms with Crippen molar-refractivity contribution in [3.8, 4) is 17.2 Å². The lowest BCUT2D eigenvalue weighted by Crippen LogP contribution is -2.06. The van der Waals surface area contributed by atoms with Crippen LogP contribution in [-0.4, -0.2) is 24.7 Å². The van der Waals surface area contributed by atoms with E-state index in [2.05, 4.69) is 15.0 Å². The molecule has 0 amide bonds. The van der Waals surface area contributed by atoms with Gasteiger partial charge in [-0.15, -0.1) is 0 Å². The number of aromatic nitrogens is 5. The van der Waals surface area contributed by atoms with Crippen LogP contribution in [0, 0.1) is 13.8 Å². The van der Waals surface area contributed by atoms with Crippen LogP contribution in [0.1, 0.15) is 11.4 Å². The topological polar surface area (TPSA) is 56.5 Å². The molecule has 0 spiro atoms. The summed E-state index contributed by atoms with van der Waals surface area (Å²) in [4.78, 5) is 13.5. The lowest BCUT2D eigenvalue weighted by molar-refractivity contribution is 0.810. The summed E-state index contributed by atoms with van der Waals surface area (Å²) in [6, 6.07) is 13.4. The van der Waals surface area contributed by atoms with E-state index in [4.69, 9.17) is 16.7 Å². The molecule has 24 heavy (non-hydrogen) atoms. The van der Waals surface area contributed by atoms with Crippen LogP contribution in [0.3, 0.4) is 0 Å². The Morgan fingerprint density at radius 1 is 0.958 bits per heavy atom. The number of rotatable bonds is 2. The number of fused-ring (bicyclic) bond motifs is 1. The highest BCUT2D eigenvalue weighted by atomic mass is 35.5. The van der Waals surface area contributed by atoms with Crippen molar-refractivity contribution < 1.29 is 0 Å². The second-order valence-electron chi connectivity index (χ2n) is 5.59. The van der Waals surface area contributed by atoms with E-state index in [0.717, 1.165) is 33.7 Å². The molecule has 0 unspecified atom stereocenters. The van der Waals surface area contributed by atoms with Gasteiger partial charge in [0.1, 0.15) is 5.69 Å². The van der Waals surface area contributed by atoms with E-state index in [9.17, 15) is 0 Å². The fourth-order valence-corrected chi connectivity index (χ4v) is 2.84. The van der Waals surface area contributed by atoms with Crippen molar-refractivity contribution in [2.75, 3.05) is 0 Å². The molecule has 0 saturated carbocycles. The minimum Gasteiger partial charge on any atom is -0.236 e. The van der Waals surface area contributed by atoms with E-state index in [-0.39, 0.29) is 0 Å². The molecule has 0 saturated heterocycles. The molecular weight excluding hydrogens is 322 g/mol. The summed E-state index contributed by atoms with van der Waals surface area (Å²) < 4.78 is 1.69. The van der Waals surface area contributed by atoms with Crippen molar-refractivity contribution in [3.63, 3.8) is 0 Å². The number of benzene rings is 1. The molecule has 0 fully saturated rings. The molecule has 0 aliphatic carbocycles. The molecule has 3 aromatic heterocycles. The molecule has 0 radical (unpaired) electrons. The normalized spacial score (nSPS) is 11.1. The molecule has 118 valence electrons. The first-order valence-corrected chi connectivity index (χ1v) is 7.92. The van der Waals surface area contributed by atoms with Gasteiger partial charge >= 0.3 is 0 Å². The van der Waals surface area contributed by atoms with Crippen LogP contribution in [0.15, 0.2) is 48.7 Å². The second-order valence-corrected chi connectivity index (χ2v) is 6.03. The highest BCUT2D eigenvalue weighted by Crippen LogP contribution is 2.28. The monoisotopic (exact) mass is 335 g/mol. The van der Waals surface area contributed by atoms with Gasteiger partial charge in [0.15, 0.2) is 5.65 Å². The van der Waals surface area contributed by atoms with Gasteiger partial charge in [-0.05, 0) is 44.2 Å². The summed E-state index contributed by atoms with van der Waals surface area (Å²) in [6.45, 7) is 3.88. The Labute approximate surface area is 144 Å². The minimum atomic E-state index is 0.524. The maximum absolute atomic E-state index is 6.00. The zero-order valence-corrected chi connectivity index (χ0v) is 14.0. The number of hydrogen-bond acceptors (Lipinski definition) is 4. The van der Waals surface area contributed by atoms with Gasteiger partial charge in [0.05, 0.1) is 0 Å². The summed E-state index contributed by atoms with van der Waals surface area (Å²) in [6.07, 6.45) is 1.74. The van der Waals surface area contributed by atoms with Crippen molar-refractivity contribution in [2.45, 2.75) is 13.8 Å². The van der Waals surface area contributed by atoms with Gasteiger partial charge in [0.2, 0.25) is 0 Å². The van der Waals surface area contributed by atoms with Gasteiger partial charge in [-0.3, -0.25) is 0 Å². The Hall–Kier alpha value is -2.79. The van der Waals surface area contributed by atoms with Gasteiger partial charge in [-0.2, -0.15) is 9.78 Å². The van der Waals surface area contributed by atoms with Gasteiger partial charge in [0, 0.05) is 33.6 Å². The van der Waals surface area contributed by atoms with Gasteiger partial charge < -0.3 is 0 Å². The molecular formula is C18H14ClN5. The summed E-state index contributed by atoms with van der Waals surface area (Å²) >= 11 is 6.00. The third-order valence-corrected chi connectivity index (χ3v) is 3.97. The predicted molar refractivity (Wildman–Crippen MR) is 94.4 cm³/mol. The highest BCUT2D eigenvalue weighted by molar-refractivity contribution is 6.30.